The van der Waals surface area contributed by atoms with Gasteiger partial charge < -0.3 is 9.80 Å². The Morgan fingerprint density at radius 3 is 2.68 bits per heavy atom. The van der Waals surface area contributed by atoms with E-state index in [-0.39, 0.29) is 36.2 Å². The zero-order valence-electron chi connectivity index (χ0n) is 21.8. The van der Waals surface area contributed by atoms with Crippen LogP contribution in [0.5, 0.6) is 0 Å². The highest BCUT2D eigenvalue weighted by Gasteiger charge is 2.39. The van der Waals surface area contributed by atoms with Gasteiger partial charge in [0.05, 0.1) is 41.0 Å². The van der Waals surface area contributed by atoms with Crippen molar-refractivity contribution < 1.29 is 14.4 Å². The van der Waals surface area contributed by atoms with Crippen molar-refractivity contribution in [2.75, 3.05) is 31.6 Å². The number of thiophene rings is 1. The lowest BCUT2D eigenvalue weighted by molar-refractivity contribution is -0.136. The van der Waals surface area contributed by atoms with Crippen molar-refractivity contribution in [3.05, 3.63) is 69.2 Å². The number of piperidine rings is 1. The normalized spacial score (nSPS) is 18.3. The zero-order valence-corrected chi connectivity index (χ0v) is 22.6. The standard InChI is InChI=1S/C28H33N5O3S/c1-18-16-19(2)33(29-18)14-13-32-27(35)22-9-5-10-23(25(22)28(32)36)31-12-6-8-21(17-31)26(34)30(4)20(3)24-11-7-15-37-24/h5,7,9-11,15-16,20-21H,6,8,12-14,17H2,1-4H3/t20-,21+/m1/s1. The van der Waals surface area contributed by atoms with Crippen LogP contribution in [0.15, 0.2) is 41.8 Å². The minimum atomic E-state index is -0.269. The number of aryl methyl sites for hydroxylation is 2. The van der Waals surface area contributed by atoms with Crippen LogP contribution < -0.4 is 4.90 Å². The number of amides is 3. The van der Waals surface area contributed by atoms with Crippen LogP contribution in [0.4, 0.5) is 5.69 Å². The van der Waals surface area contributed by atoms with E-state index in [0.29, 0.717) is 24.2 Å². The molecule has 0 aliphatic carbocycles. The lowest BCUT2D eigenvalue weighted by Crippen LogP contribution is -2.44. The predicted octanol–water partition coefficient (Wildman–Crippen LogP) is 4.29. The Morgan fingerprint density at radius 2 is 1.97 bits per heavy atom. The lowest BCUT2D eigenvalue weighted by atomic mass is 9.94. The Kier molecular flexibility index (Phi) is 6.90. The minimum Gasteiger partial charge on any atom is -0.370 e. The van der Waals surface area contributed by atoms with Gasteiger partial charge in [0, 0.05) is 37.3 Å². The van der Waals surface area contributed by atoms with Crippen LogP contribution in [0.1, 0.15) is 62.8 Å². The molecule has 0 spiro atoms. The highest BCUT2D eigenvalue weighted by atomic mass is 32.1. The summed E-state index contributed by atoms with van der Waals surface area (Å²) in [6.07, 6.45) is 1.67. The van der Waals surface area contributed by atoms with Crippen LogP contribution >= 0.6 is 11.3 Å². The van der Waals surface area contributed by atoms with Gasteiger partial charge in [-0.1, -0.05) is 12.1 Å². The second-order valence-electron chi connectivity index (χ2n) is 10.0. The van der Waals surface area contributed by atoms with Crippen LogP contribution in [0.25, 0.3) is 0 Å². The average molecular weight is 520 g/mol. The van der Waals surface area contributed by atoms with Crippen LogP contribution in [-0.4, -0.2) is 64.0 Å². The van der Waals surface area contributed by atoms with Crippen molar-refractivity contribution >= 4 is 34.7 Å². The fourth-order valence-corrected chi connectivity index (χ4v) is 6.30. The summed E-state index contributed by atoms with van der Waals surface area (Å²) < 4.78 is 1.83. The summed E-state index contributed by atoms with van der Waals surface area (Å²) in [6.45, 7) is 7.94. The molecular formula is C28H33N5O3S. The van der Waals surface area contributed by atoms with Gasteiger partial charge in [0.1, 0.15) is 0 Å². The van der Waals surface area contributed by atoms with Gasteiger partial charge in [-0.05, 0) is 63.3 Å². The summed E-state index contributed by atoms with van der Waals surface area (Å²) in [4.78, 5) is 46.6. The Hall–Kier alpha value is -3.46. The summed E-state index contributed by atoms with van der Waals surface area (Å²) in [5, 5.41) is 6.48. The Bertz CT molecular complexity index is 1330. The Morgan fingerprint density at radius 1 is 1.16 bits per heavy atom. The van der Waals surface area contributed by atoms with E-state index in [1.807, 2.05) is 60.1 Å². The van der Waals surface area contributed by atoms with Crippen LogP contribution in [0, 0.1) is 19.8 Å². The summed E-state index contributed by atoms with van der Waals surface area (Å²) in [5.74, 6) is -0.579. The van der Waals surface area contributed by atoms with E-state index in [1.54, 1.807) is 17.4 Å². The number of hydrogen-bond acceptors (Lipinski definition) is 6. The minimum absolute atomic E-state index is 0.0128. The fourth-order valence-electron chi connectivity index (χ4n) is 5.47. The number of rotatable bonds is 7. The number of imide groups is 1. The molecule has 0 bridgehead atoms. The third-order valence-electron chi connectivity index (χ3n) is 7.61. The molecule has 194 valence electrons. The molecule has 1 saturated heterocycles. The molecule has 2 aliphatic rings. The molecule has 0 radical (unpaired) electrons. The molecule has 1 aromatic carbocycles. The topological polar surface area (TPSA) is 78.8 Å². The lowest BCUT2D eigenvalue weighted by Gasteiger charge is -2.37. The van der Waals surface area contributed by atoms with Crippen molar-refractivity contribution in [3.8, 4) is 0 Å². The maximum Gasteiger partial charge on any atom is 0.263 e. The molecule has 8 nitrogen and oxygen atoms in total. The van der Waals surface area contributed by atoms with Crippen molar-refractivity contribution in [2.24, 2.45) is 5.92 Å². The highest BCUT2D eigenvalue weighted by Crippen LogP contribution is 2.35. The number of aromatic nitrogens is 2. The molecule has 0 N–H and O–H groups in total. The first kappa shape index (κ1) is 25.2. The van der Waals surface area contributed by atoms with Gasteiger partial charge in [-0.15, -0.1) is 11.3 Å². The van der Waals surface area contributed by atoms with Gasteiger partial charge in [0.2, 0.25) is 5.91 Å². The number of carbonyl (C=O) groups is 3. The van der Waals surface area contributed by atoms with Crippen LogP contribution in [-0.2, 0) is 11.3 Å². The predicted molar refractivity (Wildman–Crippen MR) is 144 cm³/mol. The molecule has 1 fully saturated rings. The number of nitrogens with zero attached hydrogens (tertiary/aromatic N) is 5. The summed E-state index contributed by atoms with van der Waals surface area (Å²) in [5.41, 5.74) is 3.54. The molecule has 3 aromatic rings. The van der Waals surface area contributed by atoms with Crippen molar-refractivity contribution in [1.29, 1.82) is 0 Å². The van der Waals surface area contributed by atoms with E-state index in [4.69, 9.17) is 0 Å². The van der Waals surface area contributed by atoms with Gasteiger partial charge >= 0.3 is 0 Å². The second-order valence-corrected chi connectivity index (χ2v) is 11.0. The van der Waals surface area contributed by atoms with E-state index in [1.165, 1.54) is 4.90 Å². The van der Waals surface area contributed by atoms with Gasteiger partial charge in [-0.2, -0.15) is 5.10 Å². The van der Waals surface area contributed by atoms with E-state index < -0.39 is 0 Å². The SMILES string of the molecule is Cc1cc(C)n(CCN2C(=O)c3cccc(N4CCC[C@H](C(=O)N(C)[C@H](C)c5cccs5)C4)c3C2=O)n1. The molecule has 0 unspecified atom stereocenters. The number of anilines is 1. The highest BCUT2D eigenvalue weighted by molar-refractivity contribution is 7.10. The number of fused-ring (bicyclic) bond motifs is 1. The third-order valence-corrected chi connectivity index (χ3v) is 8.65. The number of carbonyl (C=O) groups excluding carboxylic acids is 3. The zero-order chi connectivity index (χ0) is 26.3. The molecule has 4 heterocycles. The monoisotopic (exact) mass is 519 g/mol. The first-order chi connectivity index (χ1) is 17.8. The van der Waals surface area contributed by atoms with Crippen molar-refractivity contribution in [1.82, 2.24) is 19.6 Å². The molecular weight excluding hydrogens is 486 g/mol. The smallest absolute Gasteiger partial charge is 0.263 e. The summed E-state index contributed by atoms with van der Waals surface area (Å²) in [6, 6.07) is 11.5. The largest absolute Gasteiger partial charge is 0.370 e. The van der Waals surface area contributed by atoms with E-state index in [2.05, 4.69) is 23.0 Å². The summed E-state index contributed by atoms with van der Waals surface area (Å²) >= 11 is 1.66. The van der Waals surface area contributed by atoms with E-state index >= 15 is 0 Å². The third kappa shape index (κ3) is 4.68. The second kappa shape index (κ2) is 10.1. The number of hydrogen-bond donors (Lipinski definition) is 0. The average Bonchev–Trinajstić information content (AvgIpc) is 3.61. The van der Waals surface area contributed by atoms with Crippen molar-refractivity contribution in [2.45, 2.75) is 46.2 Å². The van der Waals surface area contributed by atoms with Crippen LogP contribution in [0.2, 0.25) is 0 Å². The molecule has 3 amide bonds. The number of benzene rings is 1. The van der Waals surface area contributed by atoms with Gasteiger partial charge in [0.15, 0.2) is 0 Å². The quantitative estimate of drug-likeness (QED) is 0.435. The molecule has 9 heteroatoms. The summed E-state index contributed by atoms with van der Waals surface area (Å²) in [7, 11) is 1.87. The van der Waals surface area contributed by atoms with Gasteiger partial charge in [0.25, 0.3) is 11.8 Å². The van der Waals surface area contributed by atoms with Gasteiger partial charge in [-0.3, -0.25) is 24.0 Å². The van der Waals surface area contributed by atoms with Gasteiger partial charge in [-0.25, -0.2) is 0 Å². The molecule has 0 saturated carbocycles. The maximum absolute atomic E-state index is 13.5. The fraction of sp³-hybridized carbons (Fsp3) is 0.429. The van der Waals surface area contributed by atoms with Crippen LogP contribution in [0.3, 0.4) is 0 Å². The molecule has 5 rings (SSSR count). The maximum atomic E-state index is 13.5. The molecule has 2 aromatic heterocycles. The Labute approximate surface area is 221 Å². The van der Waals surface area contributed by atoms with Crippen molar-refractivity contribution in [3.63, 3.8) is 0 Å². The molecule has 37 heavy (non-hydrogen) atoms. The van der Waals surface area contributed by atoms with E-state index in [0.717, 1.165) is 41.3 Å². The van der Waals surface area contributed by atoms with E-state index in [9.17, 15) is 14.4 Å². The molecule has 2 atom stereocenters. The first-order valence-corrected chi connectivity index (χ1v) is 13.7. The first-order valence-electron chi connectivity index (χ1n) is 12.8. The Balaban J connectivity index is 1.32. The molecule has 2 aliphatic heterocycles.